The van der Waals surface area contributed by atoms with Gasteiger partial charge in [0.1, 0.15) is 11.4 Å². The van der Waals surface area contributed by atoms with Gasteiger partial charge in [0.15, 0.2) is 5.65 Å². The third-order valence-corrected chi connectivity index (χ3v) is 5.25. The van der Waals surface area contributed by atoms with Crippen molar-refractivity contribution in [1.82, 2.24) is 24.9 Å². The van der Waals surface area contributed by atoms with Crippen LogP contribution in [0.5, 0.6) is 0 Å². The molecule has 1 unspecified atom stereocenters. The number of anilines is 2. The molecule has 140 valence electrons. The van der Waals surface area contributed by atoms with E-state index in [0.29, 0.717) is 17.1 Å². The minimum atomic E-state index is -0.0993. The fourth-order valence-electron chi connectivity index (χ4n) is 3.72. The fraction of sp³-hybridized carbons (Fsp3) is 0.400. The van der Waals surface area contributed by atoms with Crippen LogP contribution >= 0.6 is 0 Å². The van der Waals surface area contributed by atoms with Crippen LogP contribution in [0.2, 0.25) is 0 Å². The van der Waals surface area contributed by atoms with Crippen molar-refractivity contribution >= 4 is 23.1 Å². The molecule has 3 aromatic rings. The van der Waals surface area contributed by atoms with E-state index in [-0.39, 0.29) is 11.9 Å². The lowest BCUT2D eigenvalue weighted by Crippen LogP contribution is -2.38. The molecule has 1 fully saturated rings. The fourth-order valence-corrected chi connectivity index (χ4v) is 3.72. The van der Waals surface area contributed by atoms with Crippen molar-refractivity contribution in [3.05, 3.63) is 48.5 Å². The molecule has 3 heterocycles. The quantitative estimate of drug-likeness (QED) is 0.769. The minimum Gasteiger partial charge on any atom is -0.349 e. The van der Waals surface area contributed by atoms with Crippen LogP contribution in [0.3, 0.4) is 0 Å². The summed E-state index contributed by atoms with van der Waals surface area (Å²) in [5, 5.41) is 7.45. The number of pyridine rings is 1. The molecule has 7 nitrogen and oxygen atoms in total. The third kappa shape index (κ3) is 3.63. The molecular weight excluding hydrogens is 340 g/mol. The Hall–Kier alpha value is -2.96. The first kappa shape index (κ1) is 17.5. The normalized spacial score (nSPS) is 19.8. The zero-order valence-corrected chi connectivity index (χ0v) is 15.7. The van der Waals surface area contributed by atoms with Crippen molar-refractivity contribution in [3.63, 3.8) is 0 Å². The summed E-state index contributed by atoms with van der Waals surface area (Å²) >= 11 is 0. The van der Waals surface area contributed by atoms with E-state index in [1.807, 2.05) is 36.3 Å². The monoisotopic (exact) mass is 364 g/mol. The van der Waals surface area contributed by atoms with Crippen LogP contribution in [0.15, 0.2) is 43.0 Å². The predicted molar refractivity (Wildman–Crippen MR) is 104 cm³/mol. The highest BCUT2D eigenvalue weighted by atomic mass is 16.1. The average Bonchev–Trinajstić information content (AvgIpc) is 3.11. The molecule has 1 aliphatic rings. The van der Waals surface area contributed by atoms with E-state index in [2.05, 4.69) is 27.3 Å². The van der Waals surface area contributed by atoms with Gasteiger partial charge in [-0.1, -0.05) is 19.8 Å². The number of nitrogens with one attached hydrogen (secondary N) is 1. The van der Waals surface area contributed by atoms with E-state index in [1.165, 1.54) is 12.8 Å². The zero-order chi connectivity index (χ0) is 18.8. The number of amides is 1. The Balaban J connectivity index is 1.59. The number of fused-ring (bicyclic) bond motifs is 1. The van der Waals surface area contributed by atoms with Gasteiger partial charge in [-0.2, -0.15) is 5.10 Å². The van der Waals surface area contributed by atoms with Crippen molar-refractivity contribution in [2.75, 3.05) is 11.9 Å². The van der Waals surface area contributed by atoms with Crippen LogP contribution in [0.4, 0.5) is 11.5 Å². The smallest absolute Gasteiger partial charge is 0.256 e. The predicted octanol–water partition coefficient (Wildman–Crippen LogP) is 3.20. The third-order valence-electron chi connectivity index (χ3n) is 5.25. The van der Waals surface area contributed by atoms with E-state index in [1.54, 1.807) is 23.1 Å². The van der Waals surface area contributed by atoms with Crippen LogP contribution < -0.4 is 10.2 Å². The lowest BCUT2D eigenvalue weighted by Gasteiger charge is -2.27. The SMILES string of the molecule is CC1CCC[C@H](NC(=O)c2cnn3ccc(N(C)c4cccnc4)nc23)C1. The van der Waals surface area contributed by atoms with Crippen molar-refractivity contribution in [3.8, 4) is 0 Å². The highest BCUT2D eigenvalue weighted by Gasteiger charge is 2.23. The summed E-state index contributed by atoms with van der Waals surface area (Å²) < 4.78 is 1.64. The van der Waals surface area contributed by atoms with E-state index in [4.69, 9.17) is 0 Å². The van der Waals surface area contributed by atoms with E-state index < -0.39 is 0 Å². The Morgan fingerprint density at radius 3 is 2.96 bits per heavy atom. The van der Waals surface area contributed by atoms with Gasteiger partial charge in [0.2, 0.25) is 0 Å². The van der Waals surface area contributed by atoms with Crippen LogP contribution in [0, 0.1) is 5.92 Å². The van der Waals surface area contributed by atoms with Gasteiger partial charge >= 0.3 is 0 Å². The molecular formula is C20H24N6O. The maximum absolute atomic E-state index is 12.8. The largest absolute Gasteiger partial charge is 0.349 e. The van der Waals surface area contributed by atoms with Crippen molar-refractivity contribution in [1.29, 1.82) is 0 Å². The average molecular weight is 364 g/mol. The number of carbonyl (C=O) groups excluding carboxylic acids is 1. The first-order valence-electron chi connectivity index (χ1n) is 9.41. The molecule has 1 saturated carbocycles. The molecule has 0 aromatic carbocycles. The summed E-state index contributed by atoms with van der Waals surface area (Å²) in [6.45, 7) is 2.25. The molecule has 0 saturated heterocycles. The Bertz CT molecular complexity index is 938. The van der Waals surface area contributed by atoms with Gasteiger partial charge < -0.3 is 10.2 Å². The molecule has 0 aliphatic heterocycles. The van der Waals surface area contributed by atoms with E-state index in [9.17, 15) is 4.79 Å². The Morgan fingerprint density at radius 1 is 1.30 bits per heavy atom. The van der Waals surface area contributed by atoms with Gasteiger partial charge in [0.25, 0.3) is 5.91 Å². The summed E-state index contributed by atoms with van der Waals surface area (Å²) in [6.07, 6.45) is 11.4. The lowest BCUT2D eigenvalue weighted by molar-refractivity contribution is 0.0923. The van der Waals surface area contributed by atoms with Crippen molar-refractivity contribution < 1.29 is 4.79 Å². The highest BCUT2D eigenvalue weighted by molar-refractivity contribution is 6.00. The number of nitrogens with zero attached hydrogens (tertiary/aromatic N) is 5. The summed E-state index contributed by atoms with van der Waals surface area (Å²) in [5.41, 5.74) is 2.00. The van der Waals surface area contributed by atoms with Crippen LogP contribution in [0.25, 0.3) is 5.65 Å². The van der Waals surface area contributed by atoms with Gasteiger partial charge in [-0.3, -0.25) is 9.78 Å². The van der Waals surface area contributed by atoms with Gasteiger partial charge in [0, 0.05) is 25.5 Å². The molecule has 3 aromatic heterocycles. The van der Waals surface area contributed by atoms with Crippen molar-refractivity contribution in [2.24, 2.45) is 5.92 Å². The molecule has 2 atom stereocenters. The second kappa shape index (κ2) is 7.34. The molecule has 0 radical (unpaired) electrons. The summed E-state index contributed by atoms with van der Waals surface area (Å²) in [6, 6.07) is 5.95. The number of hydrogen-bond acceptors (Lipinski definition) is 5. The maximum Gasteiger partial charge on any atom is 0.256 e. The van der Waals surface area contributed by atoms with E-state index in [0.717, 1.165) is 24.3 Å². The molecule has 4 rings (SSSR count). The molecule has 1 amide bonds. The number of aromatic nitrogens is 4. The lowest BCUT2D eigenvalue weighted by atomic mass is 9.87. The Morgan fingerprint density at radius 2 is 2.19 bits per heavy atom. The first-order chi connectivity index (χ1) is 13.1. The van der Waals surface area contributed by atoms with Crippen LogP contribution in [-0.4, -0.2) is 38.6 Å². The molecule has 1 N–H and O–H groups in total. The molecule has 0 spiro atoms. The number of hydrogen-bond donors (Lipinski definition) is 1. The second-order valence-corrected chi connectivity index (χ2v) is 7.32. The van der Waals surface area contributed by atoms with E-state index >= 15 is 0 Å². The Labute approximate surface area is 158 Å². The Kier molecular flexibility index (Phi) is 4.75. The topological polar surface area (TPSA) is 75.4 Å². The van der Waals surface area contributed by atoms with Crippen molar-refractivity contribution in [2.45, 2.75) is 38.6 Å². The molecule has 0 bridgehead atoms. The molecule has 1 aliphatic carbocycles. The van der Waals surface area contributed by atoms with Gasteiger partial charge in [-0.05, 0) is 37.0 Å². The number of carbonyl (C=O) groups is 1. The maximum atomic E-state index is 12.8. The second-order valence-electron chi connectivity index (χ2n) is 7.32. The zero-order valence-electron chi connectivity index (χ0n) is 15.7. The summed E-state index contributed by atoms with van der Waals surface area (Å²) in [4.78, 5) is 23.6. The minimum absolute atomic E-state index is 0.0993. The highest BCUT2D eigenvalue weighted by Crippen LogP contribution is 2.25. The molecule has 7 heteroatoms. The van der Waals surface area contributed by atoms with Gasteiger partial charge in [-0.25, -0.2) is 9.50 Å². The van der Waals surface area contributed by atoms with Gasteiger partial charge in [0.05, 0.1) is 18.1 Å². The van der Waals surface area contributed by atoms with Crippen LogP contribution in [-0.2, 0) is 0 Å². The first-order valence-corrected chi connectivity index (χ1v) is 9.41. The van der Waals surface area contributed by atoms with Gasteiger partial charge in [-0.15, -0.1) is 0 Å². The van der Waals surface area contributed by atoms with Crippen LogP contribution in [0.1, 0.15) is 43.0 Å². The summed E-state index contributed by atoms with van der Waals surface area (Å²) in [7, 11) is 1.93. The standard InChI is InChI=1S/C20H24N6O/c1-14-5-3-6-15(11-14)23-20(27)17-13-22-26-10-8-18(24-19(17)26)25(2)16-7-4-9-21-12-16/h4,7-10,12-15H,3,5-6,11H2,1-2H3,(H,23,27)/t14?,15-/m0/s1. The summed E-state index contributed by atoms with van der Waals surface area (Å²) in [5.74, 6) is 1.29. The number of rotatable bonds is 4. The molecule has 27 heavy (non-hydrogen) atoms.